The Morgan fingerprint density at radius 2 is 2.00 bits per heavy atom. The second-order valence-electron chi connectivity index (χ2n) is 5.73. The number of rotatable bonds is 1. The molecule has 3 fully saturated rings. The Bertz CT molecular complexity index is 286. The van der Waals surface area contributed by atoms with E-state index in [2.05, 4.69) is 10.2 Å². The third-order valence-electron chi connectivity index (χ3n) is 4.86. The van der Waals surface area contributed by atoms with Gasteiger partial charge < -0.3 is 10.2 Å². The predicted octanol–water partition coefficient (Wildman–Crippen LogP) is 1.39. The average molecular weight is 222 g/mol. The molecule has 1 amide bonds. The minimum atomic E-state index is -0.0113. The monoisotopic (exact) mass is 222 g/mol. The zero-order valence-corrected chi connectivity index (χ0v) is 10.0. The van der Waals surface area contributed by atoms with Crippen LogP contribution in [0.4, 0.5) is 0 Å². The Hall–Kier alpha value is -0.570. The summed E-state index contributed by atoms with van der Waals surface area (Å²) in [7, 11) is 0. The summed E-state index contributed by atoms with van der Waals surface area (Å²) in [6.07, 6.45) is 7.37. The highest BCUT2D eigenvalue weighted by Crippen LogP contribution is 2.45. The molecule has 0 bridgehead atoms. The molecule has 2 saturated heterocycles. The number of nitrogens with zero attached hydrogens (tertiary/aromatic N) is 1. The van der Waals surface area contributed by atoms with E-state index in [9.17, 15) is 4.79 Å². The summed E-state index contributed by atoms with van der Waals surface area (Å²) in [6, 6.07) is 0. The van der Waals surface area contributed by atoms with E-state index >= 15 is 0 Å². The molecule has 3 aliphatic rings. The smallest absolute Gasteiger partial charge is 0.230 e. The van der Waals surface area contributed by atoms with Crippen LogP contribution in [0, 0.1) is 11.3 Å². The van der Waals surface area contributed by atoms with Crippen molar-refractivity contribution in [3.05, 3.63) is 0 Å². The van der Waals surface area contributed by atoms with Crippen LogP contribution >= 0.6 is 0 Å². The van der Waals surface area contributed by atoms with Crippen molar-refractivity contribution in [2.45, 2.75) is 38.5 Å². The molecule has 2 aliphatic heterocycles. The fraction of sp³-hybridized carbons (Fsp3) is 0.923. The van der Waals surface area contributed by atoms with E-state index in [4.69, 9.17) is 0 Å². The molecule has 3 heteroatoms. The topological polar surface area (TPSA) is 32.3 Å². The molecule has 0 aromatic heterocycles. The van der Waals surface area contributed by atoms with Crippen molar-refractivity contribution < 1.29 is 4.79 Å². The lowest BCUT2D eigenvalue weighted by Crippen LogP contribution is -2.48. The minimum absolute atomic E-state index is 0.0113. The van der Waals surface area contributed by atoms with E-state index in [1.807, 2.05) is 0 Å². The van der Waals surface area contributed by atoms with Crippen LogP contribution in [0.25, 0.3) is 0 Å². The molecule has 1 aliphatic carbocycles. The molecule has 16 heavy (non-hydrogen) atoms. The van der Waals surface area contributed by atoms with E-state index in [0.717, 1.165) is 32.6 Å². The molecule has 90 valence electrons. The molecule has 1 saturated carbocycles. The van der Waals surface area contributed by atoms with Crippen LogP contribution in [0.15, 0.2) is 0 Å². The molecule has 2 heterocycles. The Kier molecular flexibility index (Phi) is 2.66. The van der Waals surface area contributed by atoms with Gasteiger partial charge in [-0.25, -0.2) is 0 Å². The van der Waals surface area contributed by atoms with E-state index in [-0.39, 0.29) is 5.41 Å². The second kappa shape index (κ2) is 4.02. The van der Waals surface area contributed by atoms with Gasteiger partial charge in [0.1, 0.15) is 0 Å². The highest BCUT2D eigenvalue weighted by atomic mass is 16.2. The standard InChI is InChI=1S/C13H22N2O/c16-12(15-7-3-4-8-15)13-6-2-1-5-11(13)9-14-10-13/h11,14H,1-10H2/t11-,13+/m0/s1. The van der Waals surface area contributed by atoms with Gasteiger partial charge in [0.05, 0.1) is 5.41 Å². The van der Waals surface area contributed by atoms with E-state index in [1.165, 1.54) is 32.1 Å². The van der Waals surface area contributed by atoms with Crippen molar-refractivity contribution in [2.75, 3.05) is 26.2 Å². The fourth-order valence-electron chi connectivity index (χ4n) is 3.90. The summed E-state index contributed by atoms with van der Waals surface area (Å²) >= 11 is 0. The molecule has 3 rings (SSSR count). The van der Waals surface area contributed by atoms with Crippen molar-refractivity contribution >= 4 is 5.91 Å². The van der Waals surface area contributed by atoms with Gasteiger partial charge in [0.25, 0.3) is 0 Å². The van der Waals surface area contributed by atoms with Crippen LogP contribution in [0.1, 0.15) is 38.5 Å². The van der Waals surface area contributed by atoms with Crippen LogP contribution in [0.5, 0.6) is 0 Å². The Morgan fingerprint density at radius 3 is 2.81 bits per heavy atom. The van der Waals surface area contributed by atoms with Gasteiger partial charge in [0.15, 0.2) is 0 Å². The molecule has 0 aromatic carbocycles. The lowest BCUT2D eigenvalue weighted by atomic mass is 9.67. The first-order valence-corrected chi connectivity index (χ1v) is 6.83. The zero-order valence-electron chi connectivity index (χ0n) is 10.0. The van der Waals surface area contributed by atoms with Crippen molar-refractivity contribution in [3.63, 3.8) is 0 Å². The molecule has 0 unspecified atom stereocenters. The number of likely N-dealkylation sites (tertiary alicyclic amines) is 1. The maximum atomic E-state index is 12.7. The highest BCUT2D eigenvalue weighted by molar-refractivity contribution is 5.84. The average Bonchev–Trinajstić information content (AvgIpc) is 2.98. The maximum Gasteiger partial charge on any atom is 0.230 e. The van der Waals surface area contributed by atoms with Crippen molar-refractivity contribution in [2.24, 2.45) is 11.3 Å². The van der Waals surface area contributed by atoms with Crippen LogP contribution in [-0.4, -0.2) is 37.0 Å². The molecule has 0 spiro atoms. The van der Waals surface area contributed by atoms with Crippen LogP contribution in [0.3, 0.4) is 0 Å². The van der Waals surface area contributed by atoms with E-state index in [1.54, 1.807) is 0 Å². The molecule has 1 N–H and O–H groups in total. The van der Waals surface area contributed by atoms with Crippen LogP contribution in [0.2, 0.25) is 0 Å². The SMILES string of the molecule is O=C(N1CCCC1)[C@@]12CCCC[C@H]1CNC2. The quantitative estimate of drug-likeness (QED) is 0.727. The van der Waals surface area contributed by atoms with Gasteiger partial charge in [-0.3, -0.25) is 4.79 Å². The number of carbonyl (C=O) groups is 1. The first-order chi connectivity index (χ1) is 7.83. The summed E-state index contributed by atoms with van der Waals surface area (Å²) in [5, 5.41) is 3.46. The number of hydrogen-bond donors (Lipinski definition) is 1. The summed E-state index contributed by atoms with van der Waals surface area (Å²) in [4.78, 5) is 14.8. The van der Waals surface area contributed by atoms with E-state index in [0.29, 0.717) is 11.8 Å². The van der Waals surface area contributed by atoms with Gasteiger partial charge in [-0.05, 0) is 38.1 Å². The summed E-state index contributed by atoms with van der Waals surface area (Å²) in [6.45, 7) is 4.02. The second-order valence-corrected chi connectivity index (χ2v) is 5.73. The first-order valence-electron chi connectivity index (χ1n) is 6.83. The number of amides is 1. The number of nitrogens with one attached hydrogen (secondary N) is 1. The zero-order chi connectivity index (χ0) is 11.0. The minimum Gasteiger partial charge on any atom is -0.342 e. The van der Waals surface area contributed by atoms with Gasteiger partial charge in [0.2, 0.25) is 5.91 Å². The molecule has 2 atom stereocenters. The Morgan fingerprint density at radius 1 is 1.19 bits per heavy atom. The Labute approximate surface area is 97.6 Å². The van der Waals surface area contributed by atoms with E-state index < -0.39 is 0 Å². The number of carbonyl (C=O) groups excluding carboxylic acids is 1. The molecular weight excluding hydrogens is 200 g/mol. The molecular formula is C13H22N2O. The first kappa shape index (κ1) is 10.6. The summed E-state index contributed by atoms with van der Waals surface area (Å²) in [5.74, 6) is 1.09. The normalized spacial score (nSPS) is 38.8. The van der Waals surface area contributed by atoms with Crippen LogP contribution < -0.4 is 5.32 Å². The van der Waals surface area contributed by atoms with Crippen molar-refractivity contribution in [1.29, 1.82) is 0 Å². The maximum absolute atomic E-state index is 12.7. The molecule has 0 aromatic rings. The lowest BCUT2D eigenvalue weighted by Gasteiger charge is -2.39. The third kappa shape index (κ3) is 1.48. The highest BCUT2D eigenvalue weighted by Gasteiger charge is 2.51. The van der Waals surface area contributed by atoms with Crippen LogP contribution in [-0.2, 0) is 4.79 Å². The number of fused-ring (bicyclic) bond motifs is 1. The van der Waals surface area contributed by atoms with Gasteiger partial charge in [-0.1, -0.05) is 12.8 Å². The van der Waals surface area contributed by atoms with Crippen molar-refractivity contribution in [1.82, 2.24) is 10.2 Å². The lowest BCUT2D eigenvalue weighted by molar-refractivity contribution is -0.144. The Balaban J connectivity index is 1.81. The molecule has 0 radical (unpaired) electrons. The van der Waals surface area contributed by atoms with Gasteiger partial charge >= 0.3 is 0 Å². The summed E-state index contributed by atoms with van der Waals surface area (Å²) < 4.78 is 0. The fourth-order valence-corrected chi connectivity index (χ4v) is 3.90. The summed E-state index contributed by atoms with van der Waals surface area (Å²) in [5.41, 5.74) is -0.0113. The predicted molar refractivity (Wildman–Crippen MR) is 63.1 cm³/mol. The van der Waals surface area contributed by atoms with Gasteiger partial charge in [-0.2, -0.15) is 0 Å². The molecule has 3 nitrogen and oxygen atoms in total. The number of hydrogen-bond acceptors (Lipinski definition) is 2. The van der Waals surface area contributed by atoms with Gasteiger partial charge in [0, 0.05) is 19.6 Å². The largest absolute Gasteiger partial charge is 0.342 e. The van der Waals surface area contributed by atoms with Crippen molar-refractivity contribution in [3.8, 4) is 0 Å². The van der Waals surface area contributed by atoms with Gasteiger partial charge in [-0.15, -0.1) is 0 Å². The third-order valence-corrected chi connectivity index (χ3v) is 4.86.